The molecule has 1 aliphatic rings. The number of carbonyl (C=O) groups excluding carboxylic acids is 2. The first-order chi connectivity index (χ1) is 14.2. The van der Waals surface area contributed by atoms with Gasteiger partial charge in [0.15, 0.2) is 11.6 Å². The number of likely N-dealkylation sites (tertiary alicyclic amines) is 1. The number of aliphatic hydroxyl groups is 1. The van der Waals surface area contributed by atoms with Crippen LogP contribution in [-0.4, -0.2) is 60.9 Å². The molecule has 1 fully saturated rings. The molecule has 1 atom stereocenters. The van der Waals surface area contributed by atoms with Crippen LogP contribution in [0.5, 0.6) is 5.75 Å². The van der Waals surface area contributed by atoms with Crippen molar-refractivity contribution in [2.75, 3.05) is 34.3 Å². The van der Waals surface area contributed by atoms with Gasteiger partial charge in [0.05, 0.1) is 18.7 Å². The monoisotopic (exact) mass is 416 g/mol. The highest BCUT2D eigenvalue weighted by Gasteiger charge is 2.46. The third kappa shape index (κ3) is 4.04. The summed E-state index contributed by atoms with van der Waals surface area (Å²) < 4.78 is 32.9. The highest BCUT2D eigenvalue weighted by Crippen LogP contribution is 2.39. The first-order valence-electron chi connectivity index (χ1n) is 9.27. The van der Waals surface area contributed by atoms with Crippen LogP contribution in [0.4, 0.5) is 8.78 Å². The molecule has 0 unspecified atom stereocenters. The van der Waals surface area contributed by atoms with Crippen LogP contribution < -0.4 is 4.74 Å². The number of amides is 1. The zero-order valence-electron chi connectivity index (χ0n) is 16.9. The van der Waals surface area contributed by atoms with Gasteiger partial charge < -0.3 is 19.6 Å². The quantitative estimate of drug-likeness (QED) is 0.446. The van der Waals surface area contributed by atoms with E-state index < -0.39 is 35.1 Å². The van der Waals surface area contributed by atoms with Crippen molar-refractivity contribution in [3.63, 3.8) is 0 Å². The highest BCUT2D eigenvalue weighted by molar-refractivity contribution is 6.46. The van der Waals surface area contributed by atoms with Gasteiger partial charge in [-0.3, -0.25) is 9.59 Å². The average Bonchev–Trinajstić information content (AvgIpc) is 2.96. The fraction of sp³-hybridized carbons (Fsp3) is 0.273. The van der Waals surface area contributed by atoms with E-state index >= 15 is 0 Å². The lowest BCUT2D eigenvalue weighted by molar-refractivity contribution is -0.140. The van der Waals surface area contributed by atoms with Gasteiger partial charge in [0.25, 0.3) is 11.7 Å². The molecule has 3 rings (SSSR count). The predicted octanol–water partition coefficient (Wildman–Crippen LogP) is 2.96. The zero-order valence-corrected chi connectivity index (χ0v) is 16.9. The fourth-order valence-corrected chi connectivity index (χ4v) is 3.41. The van der Waals surface area contributed by atoms with Gasteiger partial charge in [0.2, 0.25) is 0 Å². The Balaban J connectivity index is 2.16. The van der Waals surface area contributed by atoms with Crippen LogP contribution in [-0.2, 0) is 9.59 Å². The summed E-state index contributed by atoms with van der Waals surface area (Å²) in [4.78, 5) is 28.7. The Hall–Kier alpha value is -3.26. The van der Waals surface area contributed by atoms with E-state index in [0.29, 0.717) is 12.1 Å². The van der Waals surface area contributed by atoms with Crippen LogP contribution in [0, 0.1) is 11.6 Å². The SMILES string of the molecule is COc1ccc(/C(O)=C2\C(=O)C(=O)N(CCN(C)C)[C@@H]2c2cccc(F)c2)cc1F. The molecular weight excluding hydrogens is 394 g/mol. The second-order valence-corrected chi connectivity index (χ2v) is 7.20. The summed E-state index contributed by atoms with van der Waals surface area (Å²) in [5.41, 5.74) is 0.137. The van der Waals surface area contributed by atoms with E-state index in [-0.39, 0.29) is 23.4 Å². The Kier molecular flexibility index (Phi) is 6.17. The Labute approximate surface area is 173 Å². The Morgan fingerprint density at radius 3 is 2.50 bits per heavy atom. The minimum Gasteiger partial charge on any atom is -0.507 e. The van der Waals surface area contributed by atoms with Gasteiger partial charge >= 0.3 is 0 Å². The van der Waals surface area contributed by atoms with Gasteiger partial charge in [-0.15, -0.1) is 0 Å². The Morgan fingerprint density at radius 2 is 1.90 bits per heavy atom. The lowest BCUT2D eigenvalue weighted by atomic mass is 9.95. The van der Waals surface area contributed by atoms with Gasteiger partial charge in [0, 0.05) is 18.7 Å². The summed E-state index contributed by atoms with van der Waals surface area (Å²) in [5, 5.41) is 10.9. The molecule has 1 amide bonds. The Bertz CT molecular complexity index is 1020. The number of halogens is 2. The molecule has 158 valence electrons. The lowest BCUT2D eigenvalue weighted by Gasteiger charge is -2.26. The number of nitrogens with zero attached hydrogens (tertiary/aromatic N) is 2. The molecular formula is C22H22F2N2O4. The molecule has 0 bridgehead atoms. The smallest absolute Gasteiger partial charge is 0.295 e. The van der Waals surface area contributed by atoms with Crippen molar-refractivity contribution in [2.24, 2.45) is 0 Å². The summed E-state index contributed by atoms with van der Waals surface area (Å²) in [6, 6.07) is 8.20. The number of aliphatic hydroxyl groups excluding tert-OH is 1. The highest BCUT2D eigenvalue weighted by atomic mass is 19.1. The van der Waals surface area contributed by atoms with Gasteiger partial charge in [0.1, 0.15) is 11.6 Å². The van der Waals surface area contributed by atoms with Crippen LogP contribution in [0.1, 0.15) is 17.2 Å². The second-order valence-electron chi connectivity index (χ2n) is 7.20. The molecule has 0 spiro atoms. The molecule has 2 aromatic carbocycles. The van der Waals surface area contributed by atoms with Gasteiger partial charge in [-0.05, 0) is 50.0 Å². The maximum Gasteiger partial charge on any atom is 0.295 e. The van der Waals surface area contributed by atoms with Crippen LogP contribution in [0.2, 0.25) is 0 Å². The van der Waals surface area contributed by atoms with E-state index in [9.17, 15) is 23.5 Å². The van der Waals surface area contributed by atoms with E-state index in [1.807, 2.05) is 19.0 Å². The van der Waals surface area contributed by atoms with Gasteiger partial charge in [-0.1, -0.05) is 12.1 Å². The number of carbonyl (C=O) groups is 2. The molecule has 0 saturated carbocycles. The summed E-state index contributed by atoms with van der Waals surface area (Å²) in [5.74, 6) is -3.54. The predicted molar refractivity (Wildman–Crippen MR) is 107 cm³/mol. The number of rotatable bonds is 6. The standard InChI is InChI=1S/C22H22F2N2O4/c1-25(2)9-10-26-19(13-5-4-6-15(23)11-13)18(21(28)22(26)29)20(27)14-7-8-17(30-3)16(24)12-14/h4-8,11-12,19,27H,9-10H2,1-3H3/b20-18+/t19-/m1/s1. The molecule has 1 aliphatic heterocycles. The van der Waals surface area contributed by atoms with Gasteiger partial charge in [-0.2, -0.15) is 0 Å². The fourth-order valence-electron chi connectivity index (χ4n) is 3.41. The maximum atomic E-state index is 14.2. The number of methoxy groups -OCH3 is 1. The van der Waals surface area contributed by atoms with E-state index in [4.69, 9.17) is 4.74 Å². The van der Waals surface area contributed by atoms with Crippen molar-refractivity contribution in [2.45, 2.75) is 6.04 Å². The molecule has 1 N–H and O–H groups in total. The average molecular weight is 416 g/mol. The first-order valence-corrected chi connectivity index (χ1v) is 9.27. The molecule has 2 aromatic rings. The van der Waals surface area contributed by atoms with Crippen molar-refractivity contribution in [1.29, 1.82) is 0 Å². The number of hydrogen-bond acceptors (Lipinski definition) is 5. The summed E-state index contributed by atoms with van der Waals surface area (Å²) in [7, 11) is 4.93. The Morgan fingerprint density at radius 1 is 1.17 bits per heavy atom. The van der Waals surface area contributed by atoms with E-state index in [0.717, 1.165) is 6.07 Å². The third-order valence-corrected chi connectivity index (χ3v) is 4.92. The van der Waals surface area contributed by atoms with Crippen LogP contribution >= 0.6 is 0 Å². The molecule has 8 heteroatoms. The van der Waals surface area contributed by atoms with Crippen LogP contribution in [0.25, 0.3) is 5.76 Å². The summed E-state index contributed by atoms with van der Waals surface area (Å²) in [6.07, 6.45) is 0. The van der Waals surface area contributed by atoms with Crippen molar-refractivity contribution in [3.05, 3.63) is 70.8 Å². The molecule has 6 nitrogen and oxygen atoms in total. The van der Waals surface area contributed by atoms with E-state index in [2.05, 4.69) is 0 Å². The topological polar surface area (TPSA) is 70.1 Å². The maximum absolute atomic E-state index is 14.2. The largest absolute Gasteiger partial charge is 0.507 e. The third-order valence-electron chi connectivity index (χ3n) is 4.92. The van der Waals surface area contributed by atoms with Crippen molar-refractivity contribution in [1.82, 2.24) is 9.80 Å². The van der Waals surface area contributed by atoms with Crippen molar-refractivity contribution in [3.8, 4) is 5.75 Å². The van der Waals surface area contributed by atoms with E-state index in [1.165, 1.54) is 42.3 Å². The number of benzene rings is 2. The first kappa shape index (κ1) is 21.4. The van der Waals surface area contributed by atoms with Crippen LogP contribution in [0.3, 0.4) is 0 Å². The normalized spacial score (nSPS) is 18.3. The lowest BCUT2D eigenvalue weighted by Crippen LogP contribution is -2.35. The van der Waals surface area contributed by atoms with Crippen molar-refractivity contribution < 1.29 is 28.2 Å². The number of likely N-dealkylation sites (N-methyl/N-ethyl adjacent to an activating group) is 1. The number of hydrogen-bond donors (Lipinski definition) is 1. The summed E-state index contributed by atoms with van der Waals surface area (Å²) >= 11 is 0. The second kappa shape index (κ2) is 8.62. The molecule has 0 aromatic heterocycles. The molecule has 0 radical (unpaired) electrons. The van der Waals surface area contributed by atoms with E-state index in [1.54, 1.807) is 6.07 Å². The van der Waals surface area contributed by atoms with Gasteiger partial charge in [-0.25, -0.2) is 8.78 Å². The molecule has 30 heavy (non-hydrogen) atoms. The van der Waals surface area contributed by atoms with Crippen molar-refractivity contribution >= 4 is 17.4 Å². The summed E-state index contributed by atoms with van der Waals surface area (Å²) in [6.45, 7) is 0.641. The molecule has 0 aliphatic carbocycles. The van der Waals surface area contributed by atoms with Crippen LogP contribution in [0.15, 0.2) is 48.0 Å². The number of ketones is 1. The molecule has 1 saturated heterocycles. The minimum absolute atomic E-state index is 0.0142. The molecule has 1 heterocycles. The number of ether oxygens (including phenoxy) is 1. The zero-order chi connectivity index (χ0) is 22.0. The number of Topliss-reactive ketones (excluding diaryl/α,β-unsaturated/α-hetero) is 1. The minimum atomic E-state index is -0.995.